The fourth-order valence-corrected chi connectivity index (χ4v) is 5.81. The van der Waals surface area contributed by atoms with E-state index in [1.54, 1.807) is 22.7 Å². The molecule has 3 aromatic heterocycles. The number of aromatic nitrogens is 2. The van der Waals surface area contributed by atoms with E-state index in [9.17, 15) is 4.79 Å². The molecule has 2 aliphatic rings. The fraction of sp³-hybridized carbons (Fsp3) is 0.292. The Bertz CT molecular complexity index is 1260. The Hall–Kier alpha value is -2.65. The number of hydrogen-bond donors (Lipinski definition) is 0. The van der Waals surface area contributed by atoms with Crippen LogP contribution in [0.15, 0.2) is 53.2 Å². The number of rotatable bonds is 3. The molecule has 6 nitrogen and oxygen atoms in total. The van der Waals surface area contributed by atoms with Gasteiger partial charge in [-0.15, -0.1) is 22.7 Å². The van der Waals surface area contributed by atoms with Crippen molar-refractivity contribution in [1.29, 1.82) is 0 Å². The number of amides is 1. The van der Waals surface area contributed by atoms with Gasteiger partial charge in [0.1, 0.15) is 11.4 Å². The van der Waals surface area contributed by atoms with Crippen LogP contribution < -0.4 is 0 Å². The number of piperidine rings is 1. The molecule has 8 heteroatoms. The molecule has 1 aromatic carbocycles. The van der Waals surface area contributed by atoms with Crippen molar-refractivity contribution in [2.75, 3.05) is 26.3 Å². The number of ether oxygens (including phenoxy) is 2. The number of hydrogen-bond acceptors (Lipinski definition) is 7. The molecule has 0 aliphatic carbocycles. The van der Waals surface area contributed by atoms with Crippen molar-refractivity contribution in [2.24, 2.45) is 0 Å². The van der Waals surface area contributed by atoms with Crippen molar-refractivity contribution >= 4 is 39.6 Å². The molecule has 0 bridgehead atoms. The van der Waals surface area contributed by atoms with Crippen molar-refractivity contribution in [3.63, 3.8) is 0 Å². The standard InChI is InChI=1S/C24H21N3O3S2/c28-23(27-9-7-24(8-10-27)29-11-12-30-24)16-5-6-17-18(15-16)26-22(20-4-2-14-32-20)21(25-17)19-3-1-13-31-19/h1-6,13-15H,7-12H2. The van der Waals surface area contributed by atoms with E-state index in [1.807, 2.05) is 46.0 Å². The van der Waals surface area contributed by atoms with Gasteiger partial charge in [-0.2, -0.15) is 0 Å². The smallest absolute Gasteiger partial charge is 0.253 e. The first-order chi connectivity index (χ1) is 15.7. The molecule has 5 heterocycles. The molecule has 32 heavy (non-hydrogen) atoms. The fourth-order valence-electron chi connectivity index (χ4n) is 4.38. The normalized spacial score (nSPS) is 17.9. The van der Waals surface area contributed by atoms with Crippen LogP contribution in [0.25, 0.3) is 32.2 Å². The zero-order valence-corrected chi connectivity index (χ0v) is 19.0. The highest BCUT2D eigenvalue weighted by Crippen LogP contribution is 2.36. The Balaban J connectivity index is 1.34. The molecule has 1 spiro atoms. The zero-order chi connectivity index (χ0) is 21.5. The molecule has 0 saturated carbocycles. The van der Waals surface area contributed by atoms with Crippen LogP contribution in [0.2, 0.25) is 0 Å². The van der Waals surface area contributed by atoms with Crippen LogP contribution in [0.4, 0.5) is 0 Å². The Kier molecular flexibility index (Phi) is 5.02. The minimum Gasteiger partial charge on any atom is -0.347 e. The number of likely N-dealkylation sites (tertiary alicyclic amines) is 1. The van der Waals surface area contributed by atoms with Crippen LogP contribution in [-0.4, -0.2) is 52.9 Å². The molecule has 0 unspecified atom stereocenters. The van der Waals surface area contributed by atoms with Crippen LogP contribution in [0.5, 0.6) is 0 Å². The summed E-state index contributed by atoms with van der Waals surface area (Å²) >= 11 is 3.29. The largest absolute Gasteiger partial charge is 0.347 e. The first kappa shape index (κ1) is 20.0. The highest BCUT2D eigenvalue weighted by Gasteiger charge is 2.40. The monoisotopic (exact) mass is 463 g/mol. The van der Waals surface area contributed by atoms with Gasteiger partial charge in [0.25, 0.3) is 5.91 Å². The number of nitrogens with zero attached hydrogens (tertiary/aromatic N) is 3. The van der Waals surface area contributed by atoms with E-state index in [-0.39, 0.29) is 5.91 Å². The summed E-state index contributed by atoms with van der Waals surface area (Å²) in [4.78, 5) is 27.1. The third kappa shape index (κ3) is 3.53. The van der Waals surface area contributed by atoms with Gasteiger partial charge in [-0.25, -0.2) is 9.97 Å². The molecule has 0 atom stereocenters. The Labute approximate surface area is 193 Å². The number of carbonyl (C=O) groups is 1. The molecule has 6 rings (SSSR count). The predicted octanol–water partition coefficient (Wildman–Crippen LogP) is 5.07. The van der Waals surface area contributed by atoms with Gasteiger partial charge in [0, 0.05) is 31.5 Å². The van der Waals surface area contributed by atoms with E-state index in [1.165, 1.54) is 0 Å². The van der Waals surface area contributed by atoms with Gasteiger partial charge in [0.05, 0.1) is 34.0 Å². The molecule has 2 saturated heterocycles. The SMILES string of the molecule is O=C(c1ccc2nc(-c3cccs3)c(-c3cccs3)nc2c1)N1CCC2(CC1)OCCO2. The minimum absolute atomic E-state index is 0.0153. The van der Waals surface area contributed by atoms with Gasteiger partial charge in [0.15, 0.2) is 5.79 Å². The second kappa shape index (κ2) is 8.04. The number of carbonyl (C=O) groups excluding carboxylic acids is 1. The number of fused-ring (bicyclic) bond motifs is 1. The summed E-state index contributed by atoms with van der Waals surface area (Å²) in [5, 5.41) is 4.09. The highest BCUT2D eigenvalue weighted by molar-refractivity contribution is 7.14. The molecular weight excluding hydrogens is 442 g/mol. The summed E-state index contributed by atoms with van der Waals surface area (Å²) in [5.41, 5.74) is 3.89. The summed E-state index contributed by atoms with van der Waals surface area (Å²) in [6, 6.07) is 13.8. The lowest BCUT2D eigenvalue weighted by molar-refractivity contribution is -0.181. The lowest BCUT2D eigenvalue weighted by Crippen LogP contribution is -2.47. The number of benzene rings is 1. The maximum Gasteiger partial charge on any atom is 0.253 e. The topological polar surface area (TPSA) is 64.6 Å². The average molecular weight is 464 g/mol. The average Bonchev–Trinajstić information content (AvgIpc) is 3.61. The summed E-state index contributed by atoms with van der Waals surface area (Å²) in [5.74, 6) is -0.471. The van der Waals surface area contributed by atoms with Gasteiger partial charge in [0.2, 0.25) is 0 Å². The van der Waals surface area contributed by atoms with E-state index >= 15 is 0 Å². The number of thiophene rings is 2. The van der Waals surface area contributed by atoms with Gasteiger partial charge < -0.3 is 14.4 Å². The third-order valence-electron chi connectivity index (χ3n) is 6.05. The van der Waals surface area contributed by atoms with E-state index in [0.29, 0.717) is 44.7 Å². The van der Waals surface area contributed by atoms with Crippen LogP contribution in [0.3, 0.4) is 0 Å². The Morgan fingerprint density at radius 2 is 1.50 bits per heavy atom. The minimum atomic E-state index is -0.487. The molecule has 1 amide bonds. The summed E-state index contributed by atoms with van der Waals surface area (Å²) < 4.78 is 11.6. The third-order valence-corrected chi connectivity index (χ3v) is 7.80. The lowest BCUT2D eigenvalue weighted by atomic mass is 10.0. The van der Waals surface area contributed by atoms with E-state index < -0.39 is 5.79 Å². The zero-order valence-electron chi connectivity index (χ0n) is 17.3. The van der Waals surface area contributed by atoms with E-state index in [0.717, 1.165) is 32.2 Å². The highest BCUT2D eigenvalue weighted by atomic mass is 32.1. The summed E-state index contributed by atoms with van der Waals surface area (Å²) in [6.07, 6.45) is 1.41. The van der Waals surface area contributed by atoms with Crippen LogP contribution in [0.1, 0.15) is 23.2 Å². The van der Waals surface area contributed by atoms with Crippen LogP contribution in [0, 0.1) is 0 Å². The lowest BCUT2D eigenvalue weighted by Gasteiger charge is -2.37. The maximum atomic E-state index is 13.2. The Morgan fingerprint density at radius 1 is 0.875 bits per heavy atom. The second-order valence-electron chi connectivity index (χ2n) is 7.98. The molecule has 4 aromatic rings. The van der Waals surface area contributed by atoms with Gasteiger partial charge in [-0.3, -0.25) is 4.79 Å². The van der Waals surface area contributed by atoms with Crippen LogP contribution in [-0.2, 0) is 9.47 Å². The van der Waals surface area contributed by atoms with Gasteiger partial charge in [-0.05, 0) is 41.1 Å². The Morgan fingerprint density at radius 3 is 2.09 bits per heavy atom. The van der Waals surface area contributed by atoms with Crippen molar-refractivity contribution in [1.82, 2.24) is 14.9 Å². The van der Waals surface area contributed by atoms with Crippen molar-refractivity contribution in [3.05, 3.63) is 58.8 Å². The quantitative estimate of drug-likeness (QED) is 0.425. The van der Waals surface area contributed by atoms with Crippen molar-refractivity contribution in [2.45, 2.75) is 18.6 Å². The molecular formula is C24H21N3O3S2. The van der Waals surface area contributed by atoms with Crippen molar-refractivity contribution < 1.29 is 14.3 Å². The van der Waals surface area contributed by atoms with E-state index in [2.05, 4.69) is 12.1 Å². The van der Waals surface area contributed by atoms with Crippen molar-refractivity contribution in [3.8, 4) is 21.1 Å². The predicted molar refractivity (Wildman–Crippen MR) is 126 cm³/mol. The first-order valence-corrected chi connectivity index (χ1v) is 12.4. The molecule has 2 fully saturated rings. The molecule has 2 aliphatic heterocycles. The summed E-state index contributed by atoms with van der Waals surface area (Å²) in [6.45, 7) is 2.52. The molecule has 0 radical (unpaired) electrons. The summed E-state index contributed by atoms with van der Waals surface area (Å²) in [7, 11) is 0. The van der Waals surface area contributed by atoms with Gasteiger partial charge >= 0.3 is 0 Å². The van der Waals surface area contributed by atoms with Gasteiger partial charge in [-0.1, -0.05) is 12.1 Å². The van der Waals surface area contributed by atoms with Crippen LogP contribution >= 0.6 is 22.7 Å². The molecule has 162 valence electrons. The molecule has 0 N–H and O–H groups in total. The van der Waals surface area contributed by atoms with E-state index in [4.69, 9.17) is 19.4 Å². The maximum absolute atomic E-state index is 13.2. The second-order valence-corrected chi connectivity index (χ2v) is 9.87. The first-order valence-electron chi connectivity index (χ1n) is 10.7.